The van der Waals surface area contributed by atoms with Gasteiger partial charge in [0.2, 0.25) is 0 Å². The van der Waals surface area contributed by atoms with Gasteiger partial charge < -0.3 is 11.3 Å². The Labute approximate surface area is 58.7 Å². The maximum Gasteiger partial charge on any atom is 0.0539 e. The van der Waals surface area contributed by atoms with Crippen molar-refractivity contribution in [2.45, 2.75) is 0 Å². The van der Waals surface area contributed by atoms with Gasteiger partial charge in [-0.1, -0.05) is 0 Å². The van der Waals surface area contributed by atoms with Gasteiger partial charge in [0.25, 0.3) is 0 Å². The summed E-state index contributed by atoms with van der Waals surface area (Å²) in [6.45, 7) is 0. The van der Waals surface area contributed by atoms with Crippen LogP contribution in [0.1, 0.15) is 5.56 Å². The van der Waals surface area contributed by atoms with Gasteiger partial charge in [0.15, 0.2) is 0 Å². The van der Waals surface area contributed by atoms with Crippen LogP contribution in [-0.4, -0.2) is 16.7 Å². The Morgan fingerprint density at radius 1 is 1.40 bits per heavy atom. The van der Waals surface area contributed by atoms with Crippen molar-refractivity contribution in [1.29, 1.82) is 0 Å². The smallest absolute Gasteiger partial charge is 0.0539 e. The fourth-order valence-corrected chi connectivity index (χ4v) is 0.536. The average Bonchev–Trinajstić information content (AvgIpc) is 1.91. The highest BCUT2D eigenvalue weighted by atomic mass is 16.0. The molecule has 0 aliphatic heterocycles. The number of hydrogen-bond donors (Lipinski definition) is 1. The van der Waals surface area contributed by atoms with E-state index in [-0.39, 0.29) is 5.48 Å². The van der Waals surface area contributed by atoms with E-state index in [9.17, 15) is 0 Å². The first-order valence-corrected chi connectivity index (χ1v) is 2.57. The Morgan fingerprint density at radius 2 is 2.00 bits per heavy atom. The predicted molar refractivity (Wildman–Crippen MR) is 39.6 cm³/mol. The highest BCUT2D eigenvalue weighted by Crippen LogP contribution is 1.88. The summed E-state index contributed by atoms with van der Waals surface area (Å²) in [6.07, 6.45) is 4.95. The Balaban J connectivity index is 0.000000810. The Hall–Kier alpha value is -1.42. The molecule has 0 atom stereocenters. The molecule has 0 spiro atoms. The molecule has 0 bridgehead atoms. The number of rotatable bonds is 1. The summed E-state index contributed by atoms with van der Waals surface area (Å²) in [7, 11) is 0. The normalized spacial score (nSPS) is 9.20. The number of pyridine rings is 1. The van der Waals surface area contributed by atoms with Crippen LogP contribution in [0.3, 0.4) is 0 Å². The number of hydrogen-bond acceptors (Lipinski definition) is 3. The van der Waals surface area contributed by atoms with Gasteiger partial charge in [-0.15, -0.1) is 0 Å². The minimum atomic E-state index is 0. The van der Waals surface area contributed by atoms with Crippen molar-refractivity contribution < 1.29 is 5.48 Å². The van der Waals surface area contributed by atoms with Crippen LogP contribution in [0.4, 0.5) is 0 Å². The largest absolute Gasteiger partial charge is 0.412 e. The van der Waals surface area contributed by atoms with Crippen LogP contribution in [0.25, 0.3) is 0 Å². The van der Waals surface area contributed by atoms with Crippen molar-refractivity contribution in [3.63, 3.8) is 0 Å². The molecule has 1 aromatic heterocycles. The van der Waals surface area contributed by atoms with Crippen molar-refractivity contribution in [1.82, 2.24) is 4.98 Å². The molecule has 1 heterocycles. The Morgan fingerprint density at radius 3 is 2.50 bits per heavy atom. The molecule has 4 heteroatoms. The monoisotopic (exact) mass is 139 g/mol. The van der Waals surface area contributed by atoms with E-state index >= 15 is 0 Å². The quantitative estimate of drug-likeness (QED) is 0.324. The average molecular weight is 139 g/mol. The van der Waals surface area contributed by atoms with Crippen molar-refractivity contribution in [3.8, 4) is 0 Å². The number of nitrogens with zero attached hydrogens (tertiary/aromatic N) is 2. The van der Waals surface area contributed by atoms with Crippen molar-refractivity contribution in [2.75, 3.05) is 0 Å². The molecule has 54 valence electrons. The molecule has 1 aromatic rings. The molecule has 0 amide bonds. The van der Waals surface area contributed by atoms with Crippen LogP contribution in [0.15, 0.2) is 29.6 Å². The van der Waals surface area contributed by atoms with Gasteiger partial charge in [0.05, 0.1) is 6.21 Å². The molecule has 10 heavy (non-hydrogen) atoms. The lowest BCUT2D eigenvalue weighted by Crippen LogP contribution is -1.85. The molecule has 0 unspecified atom stereocenters. The number of nitrogens with two attached hydrogens (primary N) is 1. The van der Waals surface area contributed by atoms with Gasteiger partial charge in [-0.05, 0) is 17.7 Å². The summed E-state index contributed by atoms with van der Waals surface area (Å²) in [6, 6.07) is 3.66. The minimum Gasteiger partial charge on any atom is -0.412 e. The molecule has 0 saturated heterocycles. The van der Waals surface area contributed by atoms with E-state index in [0.717, 1.165) is 5.56 Å². The molecule has 0 aliphatic carbocycles. The van der Waals surface area contributed by atoms with Crippen molar-refractivity contribution in [2.24, 2.45) is 10.9 Å². The van der Waals surface area contributed by atoms with Crippen LogP contribution in [0.5, 0.6) is 0 Å². The zero-order valence-corrected chi connectivity index (χ0v) is 5.36. The summed E-state index contributed by atoms with van der Waals surface area (Å²) in [4.78, 5) is 3.83. The summed E-state index contributed by atoms with van der Waals surface area (Å²) < 4.78 is 0. The molecular weight excluding hydrogens is 130 g/mol. The van der Waals surface area contributed by atoms with E-state index < -0.39 is 0 Å². The van der Waals surface area contributed by atoms with E-state index in [2.05, 4.69) is 10.1 Å². The fourth-order valence-electron chi connectivity index (χ4n) is 0.536. The molecular formula is C6H9N3O. The van der Waals surface area contributed by atoms with Crippen LogP contribution in [-0.2, 0) is 0 Å². The third-order valence-electron chi connectivity index (χ3n) is 0.930. The number of hydrazone groups is 1. The summed E-state index contributed by atoms with van der Waals surface area (Å²) in [5.74, 6) is 4.91. The second-order valence-electron chi connectivity index (χ2n) is 1.56. The summed E-state index contributed by atoms with van der Waals surface area (Å²) in [5.41, 5.74) is 0.965. The molecule has 1 rings (SSSR count). The first kappa shape index (κ1) is 8.58. The molecule has 4 nitrogen and oxygen atoms in total. The highest BCUT2D eigenvalue weighted by molar-refractivity contribution is 5.78. The first-order chi connectivity index (χ1) is 4.43. The SMILES string of the molecule is N/N=C/c1ccncc1.O. The van der Waals surface area contributed by atoms with Crippen molar-refractivity contribution in [3.05, 3.63) is 30.1 Å². The topological polar surface area (TPSA) is 82.8 Å². The zero-order chi connectivity index (χ0) is 6.53. The lowest BCUT2D eigenvalue weighted by Gasteiger charge is -1.85. The maximum atomic E-state index is 4.91. The fraction of sp³-hybridized carbons (Fsp3) is 0. The van der Waals surface area contributed by atoms with E-state index in [1.54, 1.807) is 18.6 Å². The molecule has 0 saturated carbocycles. The third-order valence-corrected chi connectivity index (χ3v) is 0.930. The minimum absolute atomic E-state index is 0. The molecule has 0 fully saturated rings. The Bertz CT molecular complexity index is 197. The lowest BCUT2D eigenvalue weighted by atomic mass is 10.3. The first-order valence-electron chi connectivity index (χ1n) is 2.57. The standard InChI is InChI=1S/C6H7N3.H2O/c7-9-5-6-1-3-8-4-2-6;/h1-5H,7H2;1H2/b9-5+;. The van der Waals surface area contributed by atoms with Crippen molar-refractivity contribution >= 4 is 6.21 Å². The second-order valence-corrected chi connectivity index (χ2v) is 1.56. The van der Waals surface area contributed by atoms with Gasteiger partial charge >= 0.3 is 0 Å². The van der Waals surface area contributed by atoms with Gasteiger partial charge in [-0.3, -0.25) is 4.98 Å². The van der Waals surface area contributed by atoms with E-state index in [4.69, 9.17) is 5.84 Å². The van der Waals surface area contributed by atoms with Crippen LogP contribution in [0.2, 0.25) is 0 Å². The van der Waals surface area contributed by atoms with Gasteiger partial charge in [0.1, 0.15) is 0 Å². The summed E-state index contributed by atoms with van der Waals surface area (Å²) in [5, 5.41) is 3.35. The van der Waals surface area contributed by atoms with Gasteiger partial charge in [-0.2, -0.15) is 5.10 Å². The lowest BCUT2D eigenvalue weighted by molar-refractivity contribution is 0.824. The Kier molecular flexibility index (Phi) is 3.83. The molecule has 0 radical (unpaired) electrons. The van der Waals surface area contributed by atoms with Gasteiger partial charge in [0, 0.05) is 12.4 Å². The van der Waals surface area contributed by atoms with Gasteiger partial charge in [-0.25, -0.2) is 0 Å². The molecule has 0 aliphatic rings. The molecule has 4 N–H and O–H groups in total. The molecule has 0 aromatic carbocycles. The summed E-state index contributed by atoms with van der Waals surface area (Å²) >= 11 is 0. The van der Waals surface area contributed by atoms with E-state index in [1.165, 1.54) is 0 Å². The van der Waals surface area contributed by atoms with Crippen LogP contribution >= 0.6 is 0 Å². The maximum absolute atomic E-state index is 4.91. The number of aromatic nitrogens is 1. The van der Waals surface area contributed by atoms with E-state index in [0.29, 0.717) is 0 Å². The second kappa shape index (κ2) is 4.46. The van der Waals surface area contributed by atoms with Crippen LogP contribution < -0.4 is 5.84 Å². The van der Waals surface area contributed by atoms with E-state index in [1.807, 2.05) is 12.1 Å². The predicted octanol–water partition coefficient (Wildman–Crippen LogP) is -0.450. The third kappa shape index (κ3) is 2.23. The highest BCUT2D eigenvalue weighted by Gasteiger charge is 1.80. The van der Waals surface area contributed by atoms with Crippen LogP contribution in [0, 0.1) is 0 Å². The zero-order valence-electron chi connectivity index (χ0n) is 5.36.